The summed E-state index contributed by atoms with van der Waals surface area (Å²) in [5, 5.41) is 6.70. The zero-order valence-corrected chi connectivity index (χ0v) is 14.5. The molecule has 2 aromatic rings. The number of nitrogens with zero attached hydrogens (tertiary/aromatic N) is 3. The fourth-order valence-electron chi connectivity index (χ4n) is 2.07. The molecule has 1 heterocycles. The Hall–Kier alpha value is -2.14. The van der Waals surface area contributed by atoms with Gasteiger partial charge in [0.05, 0.1) is 5.69 Å². The Labute approximate surface area is 139 Å². The van der Waals surface area contributed by atoms with Crippen molar-refractivity contribution >= 4 is 11.8 Å². The lowest BCUT2D eigenvalue weighted by atomic mass is 10.1. The smallest absolute Gasteiger partial charge is 0.225 e. The molecule has 0 aliphatic carbocycles. The minimum atomic E-state index is 0.565. The molecule has 0 saturated heterocycles. The monoisotopic (exact) mass is 313 g/mol. The van der Waals surface area contributed by atoms with Gasteiger partial charge in [-0.05, 0) is 20.0 Å². The number of nitrogens with one attached hydrogen (secondary N) is 2. The minimum Gasteiger partial charge on any atom is -0.370 e. The molecule has 0 radical (unpaired) electrons. The topological polar surface area (TPSA) is 53.1 Å². The van der Waals surface area contributed by atoms with Crippen LogP contribution < -0.4 is 10.6 Å². The highest BCUT2D eigenvalue weighted by atomic mass is 15.2. The molecule has 0 spiro atoms. The molecule has 0 unspecified atom stereocenters. The summed E-state index contributed by atoms with van der Waals surface area (Å²) in [6.45, 7) is 7.01. The summed E-state index contributed by atoms with van der Waals surface area (Å²) in [5.74, 6) is 2.09. The summed E-state index contributed by atoms with van der Waals surface area (Å²) >= 11 is 0. The van der Waals surface area contributed by atoms with Gasteiger partial charge in [-0.2, -0.15) is 4.98 Å². The fraction of sp³-hybridized carbons (Fsp3) is 0.444. The number of anilines is 2. The zero-order chi connectivity index (χ0) is 16.7. The van der Waals surface area contributed by atoms with Crippen molar-refractivity contribution in [2.24, 2.45) is 5.92 Å². The van der Waals surface area contributed by atoms with E-state index in [1.165, 1.54) is 0 Å². The van der Waals surface area contributed by atoms with E-state index in [-0.39, 0.29) is 0 Å². The summed E-state index contributed by atoms with van der Waals surface area (Å²) in [7, 11) is 4.11. The molecule has 1 aromatic carbocycles. The zero-order valence-electron chi connectivity index (χ0n) is 14.5. The first-order valence-electron chi connectivity index (χ1n) is 8.11. The standard InChI is InChI=1S/C18H27N5/c1-14(2)13-20-17-12-16(15-8-6-5-7-9-15)21-18(22-17)19-10-11-23(3)4/h5-9,12,14H,10-11,13H2,1-4H3,(H2,19,20,21,22). The molecule has 5 nitrogen and oxygen atoms in total. The number of aromatic nitrogens is 2. The molecule has 2 N–H and O–H groups in total. The highest BCUT2D eigenvalue weighted by Gasteiger charge is 2.07. The molecule has 0 atom stereocenters. The average Bonchev–Trinajstić information content (AvgIpc) is 2.53. The van der Waals surface area contributed by atoms with Crippen LogP contribution in [0.5, 0.6) is 0 Å². The molecule has 23 heavy (non-hydrogen) atoms. The number of rotatable bonds is 8. The van der Waals surface area contributed by atoms with Gasteiger partial charge in [0, 0.05) is 31.3 Å². The van der Waals surface area contributed by atoms with Crippen molar-refractivity contribution < 1.29 is 0 Å². The quantitative estimate of drug-likeness (QED) is 0.784. The molecule has 1 aromatic heterocycles. The van der Waals surface area contributed by atoms with Crippen LogP contribution in [0.25, 0.3) is 11.3 Å². The molecule has 0 fully saturated rings. The Morgan fingerprint density at radius 3 is 2.43 bits per heavy atom. The van der Waals surface area contributed by atoms with E-state index < -0.39 is 0 Å². The Morgan fingerprint density at radius 2 is 1.78 bits per heavy atom. The predicted molar refractivity (Wildman–Crippen MR) is 97.8 cm³/mol. The maximum absolute atomic E-state index is 4.65. The summed E-state index contributed by atoms with van der Waals surface area (Å²) in [4.78, 5) is 11.4. The van der Waals surface area contributed by atoms with E-state index in [0.717, 1.165) is 36.7 Å². The minimum absolute atomic E-state index is 0.565. The summed E-state index contributed by atoms with van der Waals surface area (Å²) in [6, 6.07) is 12.2. The first-order valence-corrected chi connectivity index (χ1v) is 8.11. The van der Waals surface area contributed by atoms with Crippen LogP contribution in [0.2, 0.25) is 0 Å². The van der Waals surface area contributed by atoms with Gasteiger partial charge in [-0.1, -0.05) is 44.2 Å². The molecule has 0 aliphatic heterocycles. The average molecular weight is 313 g/mol. The first-order chi connectivity index (χ1) is 11.0. The van der Waals surface area contributed by atoms with Crippen molar-refractivity contribution in [1.82, 2.24) is 14.9 Å². The van der Waals surface area contributed by atoms with Gasteiger partial charge in [-0.25, -0.2) is 4.98 Å². The third-order valence-corrected chi connectivity index (χ3v) is 3.33. The maximum Gasteiger partial charge on any atom is 0.225 e. The third-order valence-electron chi connectivity index (χ3n) is 3.33. The highest BCUT2D eigenvalue weighted by Crippen LogP contribution is 2.21. The number of benzene rings is 1. The van der Waals surface area contributed by atoms with Gasteiger partial charge in [0.15, 0.2) is 0 Å². The molecule has 124 valence electrons. The van der Waals surface area contributed by atoms with Gasteiger partial charge in [-0.3, -0.25) is 0 Å². The largest absolute Gasteiger partial charge is 0.370 e. The van der Waals surface area contributed by atoms with Gasteiger partial charge in [0.25, 0.3) is 0 Å². The Morgan fingerprint density at radius 1 is 1.04 bits per heavy atom. The van der Waals surface area contributed by atoms with Crippen molar-refractivity contribution in [3.05, 3.63) is 36.4 Å². The van der Waals surface area contributed by atoms with Crippen LogP contribution in [0, 0.1) is 5.92 Å². The predicted octanol–water partition coefficient (Wildman–Crippen LogP) is 3.19. The van der Waals surface area contributed by atoms with Crippen LogP contribution >= 0.6 is 0 Å². The van der Waals surface area contributed by atoms with Crippen molar-refractivity contribution in [2.45, 2.75) is 13.8 Å². The lowest BCUT2D eigenvalue weighted by Gasteiger charge is -2.14. The second-order valence-corrected chi connectivity index (χ2v) is 6.33. The van der Waals surface area contributed by atoms with Crippen LogP contribution in [0.4, 0.5) is 11.8 Å². The van der Waals surface area contributed by atoms with Crippen LogP contribution in [0.1, 0.15) is 13.8 Å². The molecular formula is C18H27N5. The van der Waals surface area contributed by atoms with Crippen molar-refractivity contribution in [2.75, 3.05) is 44.4 Å². The van der Waals surface area contributed by atoms with Gasteiger partial charge in [-0.15, -0.1) is 0 Å². The van der Waals surface area contributed by atoms with Gasteiger partial charge < -0.3 is 15.5 Å². The van der Waals surface area contributed by atoms with Crippen LogP contribution in [0.15, 0.2) is 36.4 Å². The van der Waals surface area contributed by atoms with E-state index in [2.05, 4.69) is 65.6 Å². The molecule has 0 aliphatic rings. The van der Waals surface area contributed by atoms with Crippen molar-refractivity contribution in [3.8, 4) is 11.3 Å². The molecule has 2 rings (SSSR count). The van der Waals surface area contributed by atoms with E-state index in [1.807, 2.05) is 24.3 Å². The van der Waals surface area contributed by atoms with Crippen LogP contribution in [-0.4, -0.2) is 48.6 Å². The fourth-order valence-corrected chi connectivity index (χ4v) is 2.07. The Balaban J connectivity index is 2.20. The van der Waals surface area contributed by atoms with E-state index in [9.17, 15) is 0 Å². The second-order valence-electron chi connectivity index (χ2n) is 6.33. The van der Waals surface area contributed by atoms with E-state index in [0.29, 0.717) is 11.9 Å². The SMILES string of the molecule is CC(C)CNc1cc(-c2ccccc2)nc(NCCN(C)C)n1. The lowest BCUT2D eigenvalue weighted by Crippen LogP contribution is -2.22. The van der Waals surface area contributed by atoms with Crippen molar-refractivity contribution in [3.63, 3.8) is 0 Å². The summed E-state index contributed by atoms with van der Waals surface area (Å²) in [5.41, 5.74) is 2.03. The van der Waals surface area contributed by atoms with Gasteiger partial charge in [0.2, 0.25) is 5.95 Å². The van der Waals surface area contributed by atoms with Crippen LogP contribution in [-0.2, 0) is 0 Å². The van der Waals surface area contributed by atoms with E-state index >= 15 is 0 Å². The number of hydrogen-bond acceptors (Lipinski definition) is 5. The Bertz CT molecular complexity index is 596. The van der Waals surface area contributed by atoms with Crippen LogP contribution in [0.3, 0.4) is 0 Å². The number of hydrogen-bond donors (Lipinski definition) is 2. The molecular weight excluding hydrogens is 286 g/mol. The molecule has 0 bridgehead atoms. The molecule has 0 amide bonds. The normalized spacial score (nSPS) is 11.0. The van der Waals surface area contributed by atoms with Crippen molar-refractivity contribution in [1.29, 1.82) is 0 Å². The van der Waals surface area contributed by atoms with Gasteiger partial charge >= 0.3 is 0 Å². The first kappa shape index (κ1) is 17.2. The summed E-state index contributed by atoms with van der Waals surface area (Å²) in [6.07, 6.45) is 0. The molecule has 0 saturated carbocycles. The maximum atomic E-state index is 4.65. The van der Waals surface area contributed by atoms with Gasteiger partial charge in [0.1, 0.15) is 5.82 Å². The summed E-state index contributed by atoms with van der Waals surface area (Å²) < 4.78 is 0. The number of likely N-dealkylation sites (N-methyl/N-ethyl adjacent to an activating group) is 1. The molecule has 5 heteroatoms. The highest BCUT2D eigenvalue weighted by molar-refractivity contribution is 5.64. The van der Waals surface area contributed by atoms with E-state index in [1.54, 1.807) is 0 Å². The van der Waals surface area contributed by atoms with E-state index in [4.69, 9.17) is 0 Å². The second kappa shape index (κ2) is 8.48. The Kier molecular flexibility index (Phi) is 6.35. The third kappa shape index (κ3) is 5.87. The lowest BCUT2D eigenvalue weighted by molar-refractivity contribution is 0.425.